The second-order valence-electron chi connectivity index (χ2n) is 4.78. The lowest BCUT2D eigenvalue weighted by molar-refractivity contribution is -0.0470. The van der Waals surface area contributed by atoms with E-state index in [1.165, 1.54) is 21.0 Å². The van der Waals surface area contributed by atoms with Gasteiger partial charge in [-0.15, -0.1) is 0 Å². The molecule has 0 spiro atoms. The number of methoxy groups -OCH3 is 1. The predicted molar refractivity (Wildman–Crippen MR) is 68.2 cm³/mol. The maximum absolute atomic E-state index is 11.6. The minimum atomic E-state index is -1.25. The van der Waals surface area contributed by atoms with Crippen LogP contribution in [-0.4, -0.2) is 35.0 Å². The standard InChI is InChI=1S/C13H19NO4/c1-13(2,17)11(15)7-8-6-9(14)4-5-10(8)12(16)18-3/h4-6,11,15,17H,7,14H2,1-3H3. The average Bonchev–Trinajstić information content (AvgIpc) is 2.27. The number of rotatable bonds is 4. The van der Waals surface area contributed by atoms with Gasteiger partial charge in [-0.1, -0.05) is 0 Å². The molecule has 0 aliphatic carbocycles. The topological polar surface area (TPSA) is 92.8 Å². The molecule has 0 heterocycles. The number of aliphatic hydroxyl groups excluding tert-OH is 1. The number of ether oxygens (including phenoxy) is 1. The lowest BCUT2D eigenvalue weighted by atomic mass is 9.92. The van der Waals surface area contributed by atoms with Gasteiger partial charge in [-0.05, 0) is 37.6 Å². The zero-order chi connectivity index (χ0) is 13.9. The van der Waals surface area contributed by atoms with Gasteiger partial charge in [0.2, 0.25) is 0 Å². The van der Waals surface area contributed by atoms with Gasteiger partial charge in [0.05, 0.1) is 24.4 Å². The van der Waals surface area contributed by atoms with E-state index in [9.17, 15) is 15.0 Å². The van der Waals surface area contributed by atoms with Crippen molar-refractivity contribution in [2.24, 2.45) is 0 Å². The van der Waals surface area contributed by atoms with E-state index in [0.29, 0.717) is 16.8 Å². The summed E-state index contributed by atoms with van der Waals surface area (Å²) < 4.78 is 4.66. The SMILES string of the molecule is COC(=O)c1ccc(N)cc1CC(O)C(C)(C)O. The number of anilines is 1. The molecular weight excluding hydrogens is 234 g/mol. The monoisotopic (exact) mass is 253 g/mol. The Morgan fingerprint density at radius 1 is 1.50 bits per heavy atom. The van der Waals surface area contributed by atoms with E-state index < -0.39 is 17.7 Å². The summed E-state index contributed by atoms with van der Waals surface area (Å²) in [5, 5.41) is 19.6. The number of aliphatic hydroxyl groups is 2. The molecule has 0 amide bonds. The molecule has 100 valence electrons. The van der Waals surface area contributed by atoms with Crippen LogP contribution in [0.1, 0.15) is 29.8 Å². The smallest absolute Gasteiger partial charge is 0.338 e. The molecule has 0 radical (unpaired) electrons. The lowest BCUT2D eigenvalue weighted by Crippen LogP contribution is -2.37. The Morgan fingerprint density at radius 2 is 2.11 bits per heavy atom. The van der Waals surface area contributed by atoms with E-state index in [1.807, 2.05) is 0 Å². The first-order chi connectivity index (χ1) is 8.25. The van der Waals surface area contributed by atoms with Gasteiger partial charge in [0.1, 0.15) is 0 Å². The van der Waals surface area contributed by atoms with Crippen molar-refractivity contribution < 1.29 is 19.7 Å². The van der Waals surface area contributed by atoms with E-state index in [0.717, 1.165) is 0 Å². The number of hydrogen-bond acceptors (Lipinski definition) is 5. The molecule has 0 fully saturated rings. The Kier molecular flexibility index (Phi) is 4.32. The van der Waals surface area contributed by atoms with Gasteiger partial charge >= 0.3 is 5.97 Å². The van der Waals surface area contributed by atoms with E-state index in [1.54, 1.807) is 18.2 Å². The summed E-state index contributed by atoms with van der Waals surface area (Å²) in [7, 11) is 1.29. The van der Waals surface area contributed by atoms with Crippen molar-refractivity contribution in [3.63, 3.8) is 0 Å². The summed E-state index contributed by atoms with van der Waals surface area (Å²) in [5.41, 5.74) is 5.79. The first kappa shape index (κ1) is 14.5. The summed E-state index contributed by atoms with van der Waals surface area (Å²) in [6, 6.07) is 4.74. The minimum absolute atomic E-state index is 0.124. The number of carbonyl (C=O) groups excluding carboxylic acids is 1. The van der Waals surface area contributed by atoms with Crippen molar-refractivity contribution in [3.05, 3.63) is 29.3 Å². The number of hydrogen-bond donors (Lipinski definition) is 3. The number of nitrogens with two attached hydrogens (primary N) is 1. The van der Waals surface area contributed by atoms with Gasteiger partial charge in [0, 0.05) is 12.1 Å². The summed E-state index contributed by atoms with van der Waals surface area (Å²) in [6.45, 7) is 3.00. The van der Waals surface area contributed by atoms with Crippen LogP contribution in [0.4, 0.5) is 5.69 Å². The highest BCUT2D eigenvalue weighted by molar-refractivity contribution is 5.91. The maximum Gasteiger partial charge on any atom is 0.338 e. The van der Waals surface area contributed by atoms with Crippen molar-refractivity contribution in [1.82, 2.24) is 0 Å². The Labute approximate surface area is 106 Å². The third-order valence-corrected chi connectivity index (χ3v) is 2.76. The molecule has 1 unspecified atom stereocenters. The normalized spacial score (nSPS) is 13.2. The van der Waals surface area contributed by atoms with Crippen molar-refractivity contribution in [2.45, 2.75) is 32.0 Å². The molecule has 1 aromatic rings. The molecule has 5 nitrogen and oxygen atoms in total. The lowest BCUT2D eigenvalue weighted by Gasteiger charge is -2.25. The molecule has 4 N–H and O–H groups in total. The Morgan fingerprint density at radius 3 is 2.61 bits per heavy atom. The highest BCUT2D eigenvalue weighted by Crippen LogP contribution is 2.20. The van der Waals surface area contributed by atoms with Gasteiger partial charge < -0.3 is 20.7 Å². The van der Waals surface area contributed by atoms with Gasteiger partial charge in [-0.2, -0.15) is 0 Å². The van der Waals surface area contributed by atoms with Crippen molar-refractivity contribution in [2.75, 3.05) is 12.8 Å². The fraction of sp³-hybridized carbons (Fsp3) is 0.462. The Balaban J connectivity index is 3.07. The van der Waals surface area contributed by atoms with Gasteiger partial charge in [0.25, 0.3) is 0 Å². The first-order valence-electron chi connectivity index (χ1n) is 5.63. The summed E-state index contributed by atoms with van der Waals surface area (Å²) >= 11 is 0. The fourth-order valence-corrected chi connectivity index (χ4v) is 1.55. The maximum atomic E-state index is 11.6. The van der Waals surface area contributed by atoms with E-state index in [2.05, 4.69) is 4.74 Å². The van der Waals surface area contributed by atoms with E-state index >= 15 is 0 Å². The van der Waals surface area contributed by atoms with Crippen LogP contribution in [0.2, 0.25) is 0 Å². The van der Waals surface area contributed by atoms with Crippen LogP contribution in [0, 0.1) is 0 Å². The molecular formula is C13H19NO4. The van der Waals surface area contributed by atoms with E-state index in [4.69, 9.17) is 5.73 Å². The third-order valence-electron chi connectivity index (χ3n) is 2.76. The van der Waals surface area contributed by atoms with Crippen LogP contribution in [-0.2, 0) is 11.2 Å². The third kappa shape index (κ3) is 3.45. The zero-order valence-corrected chi connectivity index (χ0v) is 10.8. The van der Waals surface area contributed by atoms with Crippen molar-refractivity contribution >= 4 is 11.7 Å². The molecule has 1 rings (SSSR count). The van der Waals surface area contributed by atoms with Crippen LogP contribution in [0.15, 0.2) is 18.2 Å². The number of nitrogen functional groups attached to an aromatic ring is 1. The quantitative estimate of drug-likeness (QED) is 0.543. The van der Waals surface area contributed by atoms with Gasteiger partial charge in [-0.25, -0.2) is 4.79 Å². The highest BCUT2D eigenvalue weighted by atomic mass is 16.5. The van der Waals surface area contributed by atoms with Gasteiger partial charge in [-0.3, -0.25) is 0 Å². The molecule has 5 heteroatoms. The first-order valence-corrected chi connectivity index (χ1v) is 5.63. The van der Waals surface area contributed by atoms with E-state index in [-0.39, 0.29) is 6.42 Å². The molecule has 0 aliphatic rings. The van der Waals surface area contributed by atoms with Crippen LogP contribution >= 0.6 is 0 Å². The second kappa shape index (κ2) is 5.37. The average molecular weight is 253 g/mol. The molecule has 0 bridgehead atoms. The van der Waals surface area contributed by atoms with Crippen LogP contribution in [0.25, 0.3) is 0 Å². The Bertz CT molecular complexity index is 437. The van der Waals surface area contributed by atoms with Gasteiger partial charge in [0.15, 0.2) is 0 Å². The van der Waals surface area contributed by atoms with Crippen molar-refractivity contribution in [3.8, 4) is 0 Å². The number of carbonyl (C=O) groups is 1. The molecule has 18 heavy (non-hydrogen) atoms. The van der Waals surface area contributed by atoms with Crippen LogP contribution < -0.4 is 5.73 Å². The minimum Gasteiger partial charge on any atom is -0.465 e. The van der Waals surface area contributed by atoms with Crippen LogP contribution in [0.5, 0.6) is 0 Å². The van der Waals surface area contributed by atoms with Crippen molar-refractivity contribution in [1.29, 1.82) is 0 Å². The summed E-state index contributed by atoms with van der Waals surface area (Å²) in [4.78, 5) is 11.6. The second-order valence-corrected chi connectivity index (χ2v) is 4.78. The fourth-order valence-electron chi connectivity index (χ4n) is 1.55. The highest BCUT2D eigenvalue weighted by Gasteiger charge is 2.26. The molecule has 0 saturated carbocycles. The molecule has 0 aliphatic heterocycles. The number of esters is 1. The molecule has 1 atom stereocenters. The molecule has 0 aromatic heterocycles. The molecule has 1 aromatic carbocycles. The zero-order valence-electron chi connectivity index (χ0n) is 10.8. The summed E-state index contributed by atoms with van der Waals surface area (Å²) in [5.74, 6) is -0.493. The summed E-state index contributed by atoms with van der Waals surface area (Å²) in [6.07, 6.45) is -0.874. The van der Waals surface area contributed by atoms with Crippen LogP contribution in [0.3, 0.4) is 0 Å². The Hall–Kier alpha value is -1.59. The largest absolute Gasteiger partial charge is 0.465 e. The molecule has 0 saturated heterocycles. The predicted octanol–water partition coefficient (Wildman–Crippen LogP) is 0.730. The number of benzene rings is 1.